The number of alkyl halides is 2. The van der Waals surface area contributed by atoms with Gasteiger partial charge in [-0.15, -0.1) is 0 Å². The quantitative estimate of drug-likeness (QED) is 0.634. The maximum atomic E-state index is 13.6. The van der Waals surface area contributed by atoms with Crippen LogP contribution in [0.4, 0.5) is 13.2 Å². The van der Waals surface area contributed by atoms with Crippen molar-refractivity contribution < 1.29 is 13.2 Å². The topological polar surface area (TPSA) is 54.2 Å². The third-order valence-electron chi connectivity index (χ3n) is 3.08. The molecule has 23 heavy (non-hydrogen) atoms. The minimum absolute atomic E-state index is 0.0838. The van der Waals surface area contributed by atoms with Gasteiger partial charge in [-0.2, -0.15) is 8.78 Å². The van der Waals surface area contributed by atoms with Gasteiger partial charge in [0.2, 0.25) is 0 Å². The van der Waals surface area contributed by atoms with Crippen LogP contribution in [-0.4, -0.2) is 22.1 Å². The molecule has 8 heteroatoms. The van der Waals surface area contributed by atoms with E-state index in [-0.39, 0.29) is 24.7 Å². The number of hydrogen-bond acceptors (Lipinski definition) is 2. The zero-order valence-corrected chi connectivity index (χ0v) is 12.6. The average Bonchev–Trinajstić information content (AvgIpc) is 3.00. The molecular weight excluding hydrogens is 307 g/mol. The third-order valence-corrected chi connectivity index (χ3v) is 3.08. The van der Waals surface area contributed by atoms with E-state index in [1.54, 1.807) is 18.2 Å². The van der Waals surface area contributed by atoms with Gasteiger partial charge in [-0.05, 0) is 13.0 Å². The van der Waals surface area contributed by atoms with E-state index in [0.29, 0.717) is 18.1 Å². The highest BCUT2D eigenvalue weighted by atomic mass is 19.3. The van der Waals surface area contributed by atoms with Crippen LogP contribution in [0.25, 0.3) is 0 Å². The first kappa shape index (κ1) is 16.9. The fourth-order valence-corrected chi connectivity index (χ4v) is 1.95. The van der Waals surface area contributed by atoms with E-state index < -0.39 is 6.55 Å². The zero-order valence-electron chi connectivity index (χ0n) is 12.6. The summed E-state index contributed by atoms with van der Waals surface area (Å²) in [6.07, 6.45) is 2.53. The Labute approximate surface area is 132 Å². The number of benzene rings is 1. The Morgan fingerprint density at radius 1 is 1.30 bits per heavy atom. The van der Waals surface area contributed by atoms with Gasteiger partial charge in [0.1, 0.15) is 11.6 Å². The van der Waals surface area contributed by atoms with Gasteiger partial charge >= 0.3 is 6.55 Å². The number of hydrogen-bond donors (Lipinski definition) is 2. The van der Waals surface area contributed by atoms with Crippen molar-refractivity contribution in [3.63, 3.8) is 0 Å². The number of nitrogens with zero attached hydrogens (tertiary/aromatic N) is 3. The molecule has 0 aliphatic carbocycles. The standard InChI is InChI=1S/C15H18F3N5/c1-2-19-15(21-9-11-5-3-4-6-12(11)16)22-10-13-20-7-8-23(13)14(17)18/h3-8,14H,2,9-10H2,1H3,(H2,19,21,22). The fraction of sp³-hybridized carbons (Fsp3) is 0.333. The molecule has 0 spiro atoms. The first-order valence-electron chi connectivity index (χ1n) is 7.17. The van der Waals surface area contributed by atoms with Crippen LogP contribution in [0.3, 0.4) is 0 Å². The summed E-state index contributed by atoms with van der Waals surface area (Å²) < 4.78 is 39.9. The number of rotatable bonds is 6. The number of aliphatic imine (C=N–C) groups is 1. The van der Waals surface area contributed by atoms with Crippen LogP contribution in [0.2, 0.25) is 0 Å². The summed E-state index contributed by atoms with van der Waals surface area (Å²) in [6, 6.07) is 6.35. The second-order valence-electron chi connectivity index (χ2n) is 4.67. The Hall–Kier alpha value is -2.51. The summed E-state index contributed by atoms with van der Waals surface area (Å²) in [4.78, 5) is 8.13. The van der Waals surface area contributed by atoms with Gasteiger partial charge in [-0.3, -0.25) is 4.57 Å². The molecule has 1 heterocycles. The minimum atomic E-state index is -2.65. The lowest BCUT2D eigenvalue weighted by Gasteiger charge is -2.12. The molecule has 0 fully saturated rings. The molecule has 0 saturated heterocycles. The maximum absolute atomic E-state index is 13.6. The van der Waals surface area contributed by atoms with Crippen LogP contribution >= 0.6 is 0 Å². The highest BCUT2D eigenvalue weighted by Gasteiger charge is 2.11. The summed E-state index contributed by atoms with van der Waals surface area (Å²) in [5.74, 6) is 0.261. The Morgan fingerprint density at radius 3 is 2.78 bits per heavy atom. The summed E-state index contributed by atoms with van der Waals surface area (Å²) >= 11 is 0. The van der Waals surface area contributed by atoms with Crippen LogP contribution in [0.5, 0.6) is 0 Å². The number of guanidine groups is 1. The lowest BCUT2D eigenvalue weighted by Crippen LogP contribution is -2.37. The van der Waals surface area contributed by atoms with E-state index >= 15 is 0 Å². The molecule has 0 atom stereocenters. The van der Waals surface area contributed by atoms with Crippen molar-refractivity contribution in [1.29, 1.82) is 0 Å². The Morgan fingerprint density at radius 2 is 2.09 bits per heavy atom. The first-order chi connectivity index (χ1) is 11.1. The molecule has 0 bridgehead atoms. The number of imidazole rings is 1. The highest BCUT2D eigenvalue weighted by Crippen LogP contribution is 2.12. The van der Waals surface area contributed by atoms with Crippen LogP contribution < -0.4 is 10.6 Å². The predicted octanol–water partition coefficient (Wildman–Crippen LogP) is 2.67. The molecular formula is C15H18F3N5. The van der Waals surface area contributed by atoms with Crippen LogP contribution in [0.15, 0.2) is 41.7 Å². The van der Waals surface area contributed by atoms with Crippen molar-refractivity contribution in [2.24, 2.45) is 4.99 Å². The van der Waals surface area contributed by atoms with Gasteiger partial charge < -0.3 is 10.6 Å². The molecule has 124 valence electrons. The highest BCUT2D eigenvalue weighted by molar-refractivity contribution is 5.79. The number of halogens is 3. The van der Waals surface area contributed by atoms with Crippen LogP contribution in [0.1, 0.15) is 24.9 Å². The third kappa shape index (κ3) is 4.73. The lowest BCUT2D eigenvalue weighted by molar-refractivity contribution is 0.0668. The minimum Gasteiger partial charge on any atom is -0.357 e. The van der Waals surface area contributed by atoms with Gasteiger partial charge in [0, 0.05) is 24.5 Å². The van der Waals surface area contributed by atoms with E-state index in [1.807, 2.05) is 6.92 Å². The molecule has 2 aromatic rings. The van der Waals surface area contributed by atoms with Gasteiger partial charge in [-0.1, -0.05) is 18.2 Å². The summed E-state index contributed by atoms with van der Waals surface area (Å²) in [6.45, 7) is 0.0469. The molecule has 0 aliphatic rings. The van der Waals surface area contributed by atoms with Crippen molar-refractivity contribution in [2.45, 2.75) is 26.6 Å². The average molecular weight is 325 g/mol. The van der Waals surface area contributed by atoms with Gasteiger partial charge in [-0.25, -0.2) is 14.4 Å². The Bertz CT molecular complexity index is 654. The molecule has 2 N–H and O–H groups in total. The summed E-state index contributed by atoms with van der Waals surface area (Å²) in [7, 11) is 0. The van der Waals surface area contributed by atoms with E-state index in [2.05, 4.69) is 20.6 Å². The van der Waals surface area contributed by atoms with E-state index in [4.69, 9.17) is 0 Å². The maximum Gasteiger partial charge on any atom is 0.319 e. The Kier molecular flexibility index (Phi) is 6.02. The number of nitrogens with one attached hydrogen (secondary N) is 2. The van der Waals surface area contributed by atoms with Crippen molar-refractivity contribution in [3.05, 3.63) is 53.9 Å². The van der Waals surface area contributed by atoms with Gasteiger partial charge in [0.15, 0.2) is 5.96 Å². The van der Waals surface area contributed by atoms with Crippen LogP contribution in [0, 0.1) is 5.82 Å². The largest absolute Gasteiger partial charge is 0.357 e. The zero-order chi connectivity index (χ0) is 16.7. The number of aromatic nitrogens is 2. The first-order valence-corrected chi connectivity index (χ1v) is 7.17. The van der Waals surface area contributed by atoms with Crippen molar-refractivity contribution in [2.75, 3.05) is 6.54 Å². The molecule has 0 amide bonds. The molecule has 0 radical (unpaired) electrons. The molecule has 2 rings (SSSR count). The molecule has 0 aliphatic heterocycles. The predicted molar refractivity (Wildman–Crippen MR) is 81.5 cm³/mol. The summed E-state index contributed by atoms with van der Waals surface area (Å²) in [5.41, 5.74) is 0.457. The van der Waals surface area contributed by atoms with Crippen molar-refractivity contribution in [1.82, 2.24) is 20.2 Å². The SMILES string of the molecule is CCNC(=NCc1ccccc1F)NCc1nccn1C(F)F. The van der Waals surface area contributed by atoms with E-state index in [1.165, 1.54) is 18.5 Å². The second-order valence-corrected chi connectivity index (χ2v) is 4.67. The molecule has 1 aromatic carbocycles. The molecule has 1 aromatic heterocycles. The van der Waals surface area contributed by atoms with Crippen LogP contribution in [-0.2, 0) is 13.1 Å². The normalized spacial score (nSPS) is 11.8. The Balaban J connectivity index is 2.02. The molecule has 0 saturated carbocycles. The lowest BCUT2D eigenvalue weighted by atomic mass is 10.2. The fourth-order valence-electron chi connectivity index (χ4n) is 1.95. The monoisotopic (exact) mass is 325 g/mol. The molecule has 0 unspecified atom stereocenters. The van der Waals surface area contributed by atoms with Gasteiger partial charge in [0.05, 0.1) is 13.1 Å². The van der Waals surface area contributed by atoms with Gasteiger partial charge in [0.25, 0.3) is 0 Å². The smallest absolute Gasteiger partial charge is 0.319 e. The van der Waals surface area contributed by atoms with Crippen molar-refractivity contribution in [3.8, 4) is 0 Å². The van der Waals surface area contributed by atoms with E-state index in [0.717, 1.165) is 4.57 Å². The second kappa shape index (κ2) is 8.21. The molecule has 5 nitrogen and oxygen atoms in total. The van der Waals surface area contributed by atoms with Crippen molar-refractivity contribution >= 4 is 5.96 Å². The summed E-state index contributed by atoms with van der Waals surface area (Å²) in [5, 5.41) is 5.88. The van der Waals surface area contributed by atoms with E-state index in [9.17, 15) is 13.2 Å².